The molecule has 0 radical (unpaired) electrons. The average Bonchev–Trinajstić information content (AvgIpc) is 2.74. The van der Waals surface area contributed by atoms with E-state index in [2.05, 4.69) is 54.5 Å². The van der Waals surface area contributed by atoms with Gasteiger partial charge in [0.25, 0.3) is 0 Å². The Bertz CT molecular complexity index is 968. The molecule has 196 valence electrons. The number of carboxylic acids is 1. The van der Waals surface area contributed by atoms with Crippen LogP contribution < -0.4 is 5.73 Å². The van der Waals surface area contributed by atoms with Gasteiger partial charge in [-0.15, -0.1) is 0 Å². The van der Waals surface area contributed by atoms with Crippen molar-refractivity contribution in [3.63, 3.8) is 0 Å². The number of carbonyl (C=O) groups excluding carboxylic acids is 1. The van der Waals surface area contributed by atoms with E-state index >= 15 is 0 Å². The Hall–Kier alpha value is -1.16. The van der Waals surface area contributed by atoms with E-state index in [-0.39, 0.29) is 40.4 Å². The highest BCUT2D eigenvalue weighted by Gasteiger charge is 2.70. The van der Waals surface area contributed by atoms with Gasteiger partial charge in [0.1, 0.15) is 0 Å². The molecule has 4 nitrogen and oxygen atoms in total. The minimum Gasteiger partial charge on any atom is -0.481 e. The monoisotopic (exact) mass is 483 g/mol. The molecule has 0 aliphatic heterocycles. The molecule has 3 N–H and O–H groups in total. The minimum atomic E-state index is -0.758. The molecule has 0 amide bonds. The molecule has 0 bridgehead atoms. The smallest absolute Gasteiger partial charge is 0.303 e. The van der Waals surface area contributed by atoms with Crippen molar-refractivity contribution in [2.45, 2.75) is 112 Å². The first kappa shape index (κ1) is 25.5. The number of carbonyl (C=O) groups is 2. The Balaban J connectivity index is 1.59. The molecule has 5 rings (SSSR count). The quantitative estimate of drug-likeness (QED) is 0.462. The summed E-state index contributed by atoms with van der Waals surface area (Å²) < 4.78 is 0. The average molecular weight is 484 g/mol. The first-order chi connectivity index (χ1) is 16.1. The van der Waals surface area contributed by atoms with Gasteiger partial charge in [0.05, 0.1) is 0 Å². The van der Waals surface area contributed by atoms with Crippen molar-refractivity contribution >= 4 is 11.8 Å². The zero-order chi connectivity index (χ0) is 25.8. The van der Waals surface area contributed by atoms with Crippen LogP contribution in [0.4, 0.5) is 0 Å². The van der Waals surface area contributed by atoms with Crippen LogP contribution >= 0.6 is 0 Å². The maximum atomic E-state index is 14.3. The highest BCUT2D eigenvalue weighted by atomic mass is 16.4. The summed E-state index contributed by atoms with van der Waals surface area (Å²) in [4.78, 5) is 25.9. The molecule has 0 saturated heterocycles. The van der Waals surface area contributed by atoms with Gasteiger partial charge in [-0.2, -0.15) is 0 Å². The molecule has 0 aromatic carbocycles. The predicted octanol–water partition coefficient (Wildman–Crippen LogP) is 6.63. The van der Waals surface area contributed by atoms with Gasteiger partial charge >= 0.3 is 5.97 Å². The standard InChI is InChI=1S/C31H49NO3/c1-18-8-11-27(3)14-15-29(5)21(25(27)19(18)2)17-22(33)26-28(4)12-9-20(16-24(34)35)31(7,32)23(28)10-13-30(26,29)6/h17-20,23,25-26H,8-16,32H2,1-7H3,(H,34,35)/t18-,19+,20+,23?,25?,26?,27-,28+,29-,30-,31+/m1/s1. The van der Waals surface area contributed by atoms with Gasteiger partial charge in [0.2, 0.25) is 0 Å². The number of nitrogens with two attached hydrogens (primary N) is 1. The van der Waals surface area contributed by atoms with E-state index in [1.165, 1.54) is 31.3 Å². The Morgan fingerprint density at radius 3 is 2.34 bits per heavy atom. The number of fused-ring (bicyclic) bond motifs is 7. The van der Waals surface area contributed by atoms with Gasteiger partial charge in [-0.25, -0.2) is 0 Å². The Morgan fingerprint density at radius 1 is 1.00 bits per heavy atom. The number of hydrogen-bond acceptors (Lipinski definition) is 3. The van der Waals surface area contributed by atoms with Crippen molar-refractivity contribution in [3.8, 4) is 0 Å². The molecule has 35 heavy (non-hydrogen) atoms. The zero-order valence-corrected chi connectivity index (χ0v) is 23.2. The van der Waals surface area contributed by atoms with Crippen LogP contribution in [-0.2, 0) is 9.59 Å². The van der Waals surface area contributed by atoms with Crippen molar-refractivity contribution in [2.24, 2.45) is 62.9 Å². The second-order valence-corrected chi connectivity index (χ2v) is 15.0. The summed E-state index contributed by atoms with van der Waals surface area (Å²) in [6.45, 7) is 16.7. The van der Waals surface area contributed by atoms with Crippen LogP contribution in [0, 0.1) is 57.2 Å². The molecular weight excluding hydrogens is 434 g/mol. The summed E-state index contributed by atoms with van der Waals surface area (Å²) in [5.41, 5.74) is 8.05. The molecule has 4 saturated carbocycles. The third-order valence-corrected chi connectivity index (χ3v) is 13.5. The Morgan fingerprint density at radius 2 is 1.69 bits per heavy atom. The highest BCUT2D eigenvalue weighted by molar-refractivity contribution is 5.95. The maximum Gasteiger partial charge on any atom is 0.303 e. The van der Waals surface area contributed by atoms with Crippen molar-refractivity contribution in [1.82, 2.24) is 0 Å². The van der Waals surface area contributed by atoms with Gasteiger partial charge in [-0.05, 0) is 116 Å². The number of allylic oxidation sites excluding steroid dienone is 2. The van der Waals surface area contributed by atoms with Crippen LogP contribution in [0.5, 0.6) is 0 Å². The summed E-state index contributed by atoms with van der Waals surface area (Å²) in [5, 5.41) is 9.53. The van der Waals surface area contributed by atoms with Gasteiger partial charge < -0.3 is 10.8 Å². The summed E-state index contributed by atoms with van der Waals surface area (Å²) in [5.74, 6) is 1.52. The van der Waals surface area contributed by atoms with E-state index in [0.717, 1.165) is 25.7 Å². The van der Waals surface area contributed by atoms with Crippen LogP contribution in [-0.4, -0.2) is 22.4 Å². The predicted molar refractivity (Wildman–Crippen MR) is 140 cm³/mol. The number of aliphatic carboxylic acids is 1. The fraction of sp³-hybridized carbons (Fsp3) is 0.871. The number of rotatable bonds is 2. The molecular formula is C31H49NO3. The molecule has 5 aliphatic carbocycles. The Kier molecular flexibility index (Phi) is 5.59. The van der Waals surface area contributed by atoms with Crippen LogP contribution in [0.3, 0.4) is 0 Å². The molecule has 0 aromatic rings. The summed E-state index contributed by atoms with van der Waals surface area (Å²) in [7, 11) is 0. The molecule has 0 heterocycles. The number of ketones is 1. The lowest BCUT2D eigenvalue weighted by Gasteiger charge is -2.70. The molecule has 11 atom stereocenters. The van der Waals surface area contributed by atoms with E-state index in [0.29, 0.717) is 29.0 Å². The van der Waals surface area contributed by atoms with E-state index in [1.807, 2.05) is 0 Å². The summed E-state index contributed by atoms with van der Waals surface area (Å²) in [6, 6.07) is 0. The zero-order valence-electron chi connectivity index (χ0n) is 23.2. The highest BCUT2D eigenvalue weighted by Crippen LogP contribution is 2.74. The molecule has 4 fully saturated rings. The van der Waals surface area contributed by atoms with Crippen LogP contribution in [0.25, 0.3) is 0 Å². The van der Waals surface area contributed by atoms with Gasteiger partial charge in [-0.1, -0.05) is 47.1 Å². The van der Waals surface area contributed by atoms with E-state index < -0.39 is 11.5 Å². The first-order valence-electron chi connectivity index (χ1n) is 14.4. The van der Waals surface area contributed by atoms with E-state index in [1.54, 1.807) is 0 Å². The van der Waals surface area contributed by atoms with Crippen molar-refractivity contribution in [2.75, 3.05) is 0 Å². The third kappa shape index (κ3) is 3.20. The molecule has 0 aromatic heterocycles. The van der Waals surface area contributed by atoms with Crippen LogP contribution in [0.1, 0.15) is 106 Å². The first-order valence-corrected chi connectivity index (χ1v) is 14.4. The summed E-state index contributed by atoms with van der Waals surface area (Å²) >= 11 is 0. The van der Waals surface area contributed by atoms with E-state index in [4.69, 9.17) is 5.73 Å². The fourth-order valence-corrected chi connectivity index (χ4v) is 11.0. The summed E-state index contributed by atoms with van der Waals surface area (Å²) in [6.07, 6.45) is 11.0. The van der Waals surface area contributed by atoms with Crippen molar-refractivity contribution < 1.29 is 14.7 Å². The molecule has 3 unspecified atom stereocenters. The maximum absolute atomic E-state index is 14.3. The van der Waals surface area contributed by atoms with E-state index in [9.17, 15) is 14.7 Å². The number of carboxylic acid groups (broad SMARTS) is 1. The van der Waals surface area contributed by atoms with Gasteiger partial charge in [-0.3, -0.25) is 9.59 Å². The SMILES string of the molecule is C[C@@H]1CC[C@]2(C)CC[C@]3(C)C(=CC(=O)C4[C@@]5(C)CC[C@@H](CC(=O)O)[C@](C)(N)C5CC[C@]43C)C2[C@H]1C. The second-order valence-electron chi connectivity index (χ2n) is 15.0. The number of hydrogen-bond donors (Lipinski definition) is 2. The van der Waals surface area contributed by atoms with Gasteiger partial charge in [0.15, 0.2) is 5.78 Å². The normalized spacial score (nSPS) is 55.7. The molecule has 5 aliphatic rings. The van der Waals surface area contributed by atoms with Gasteiger partial charge in [0, 0.05) is 17.9 Å². The van der Waals surface area contributed by atoms with Crippen molar-refractivity contribution in [3.05, 3.63) is 11.6 Å². The molecule has 0 spiro atoms. The van der Waals surface area contributed by atoms with Crippen LogP contribution in [0.2, 0.25) is 0 Å². The lowest BCUT2D eigenvalue weighted by Crippen LogP contribution is -2.69. The lowest BCUT2D eigenvalue weighted by atomic mass is 9.33. The van der Waals surface area contributed by atoms with Crippen LogP contribution in [0.15, 0.2) is 11.6 Å². The lowest BCUT2D eigenvalue weighted by molar-refractivity contribution is -0.185. The Labute approximate surface area is 212 Å². The topological polar surface area (TPSA) is 80.4 Å². The van der Waals surface area contributed by atoms with Crippen molar-refractivity contribution in [1.29, 1.82) is 0 Å². The third-order valence-electron chi connectivity index (χ3n) is 13.5. The minimum absolute atomic E-state index is 0.0252. The second kappa shape index (κ2) is 7.68. The molecule has 4 heteroatoms. The largest absolute Gasteiger partial charge is 0.481 e. The fourth-order valence-electron chi connectivity index (χ4n) is 11.0.